The summed E-state index contributed by atoms with van der Waals surface area (Å²) in [5, 5.41) is 12.6. The minimum Gasteiger partial charge on any atom is -0.478 e. The Labute approximate surface area is 120 Å². The van der Waals surface area contributed by atoms with Gasteiger partial charge in [-0.3, -0.25) is 0 Å². The van der Waals surface area contributed by atoms with Crippen LogP contribution in [0.5, 0.6) is 0 Å². The van der Waals surface area contributed by atoms with Crippen molar-refractivity contribution in [2.45, 2.75) is 41.5 Å². The highest BCUT2D eigenvalue weighted by molar-refractivity contribution is 5.94. The molecule has 2 N–H and O–H groups in total. The minimum absolute atomic E-state index is 0.280. The van der Waals surface area contributed by atoms with Crippen molar-refractivity contribution in [2.75, 3.05) is 11.9 Å². The van der Waals surface area contributed by atoms with Gasteiger partial charge in [-0.1, -0.05) is 27.7 Å². The van der Waals surface area contributed by atoms with Crippen LogP contribution in [0.4, 0.5) is 5.82 Å². The van der Waals surface area contributed by atoms with Crippen LogP contribution in [0.15, 0.2) is 6.07 Å². The third-order valence-electron chi connectivity index (χ3n) is 5.35. The maximum absolute atomic E-state index is 11.4. The van der Waals surface area contributed by atoms with Gasteiger partial charge < -0.3 is 10.4 Å². The van der Waals surface area contributed by atoms with Crippen LogP contribution >= 0.6 is 0 Å². The Kier molecular flexibility index (Phi) is 3.31. The average Bonchev–Trinajstić information content (AvgIpc) is 2.64. The van der Waals surface area contributed by atoms with Gasteiger partial charge in [0.1, 0.15) is 11.4 Å². The number of hydrogen-bond donors (Lipinski definition) is 2. The van der Waals surface area contributed by atoms with E-state index in [0.29, 0.717) is 11.7 Å². The number of hydrogen-bond acceptors (Lipinski definition) is 3. The van der Waals surface area contributed by atoms with Gasteiger partial charge in [0.2, 0.25) is 0 Å². The number of rotatable bonds is 4. The fraction of sp³-hybridized carbons (Fsp3) is 0.625. The topological polar surface area (TPSA) is 62.2 Å². The summed E-state index contributed by atoms with van der Waals surface area (Å²) in [6, 6.07) is 1.81. The van der Waals surface area contributed by atoms with Crippen molar-refractivity contribution in [2.24, 2.45) is 16.7 Å². The van der Waals surface area contributed by atoms with Crippen molar-refractivity contribution >= 4 is 11.8 Å². The molecule has 4 nitrogen and oxygen atoms in total. The molecule has 20 heavy (non-hydrogen) atoms. The highest BCUT2D eigenvalue weighted by Crippen LogP contribution is 2.68. The van der Waals surface area contributed by atoms with Crippen LogP contribution in [0, 0.1) is 30.6 Å². The number of aromatic nitrogens is 1. The number of carbonyl (C=O) groups is 1. The largest absolute Gasteiger partial charge is 0.478 e. The molecule has 2 rings (SSSR count). The molecular formula is C16H24N2O2. The summed E-state index contributed by atoms with van der Waals surface area (Å²) >= 11 is 0. The van der Waals surface area contributed by atoms with Gasteiger partial charge in [-0.2, -0.15) is 0 Å². The zero-order valence-electron chi connectivity index (χ0n) is 13.2. The summed E-state index contributed by atoms with van der Waals surface area (Å²) in [4.78, 5) is 15.7. The van der Waals surface area contributed by atoms with Gasteiger partial charge in [0.15, 0.2) is 0 Å². The molecule has 1 aliphatic rings. The molecule has 1 aromatic rings. The first-order chi connectivity index (χ1) is 9.09. The van der Waals surface area contributed by atoms with Gasteiger partial charge in [0, 0.05) is 12.2 Å². The lowest BCUT2D eigenvalue weighted by Gasteiger charge is -2.12. The Hall–Kier alpha value is -1.58. The van der Waals surface area contributed by atoms with Gasteiger partial charge in [0.05, 0.1) is 0 Å². The predicted molar refractivity (Wildman–Crippen MR) is 80.2 cm³/mol. The zero-order chi connectivity index (χ0) is 15.3. The summed E-state index contributed by atoms with van der Waals surface area (Å²) in [5.41, 5.74) is 2.43. The van der Waals surface area contributed by atoms with E-state index in [4.69, 9.17) is 0 Å². The summed E-state index contributed by atoms with van der Waals surface area (Å²) in [6.45, 7) is 13.5. The number of anilines is 1. The van der Waals surface area contributed by atoms with E-state index in [1.165, 1.54) is 0 Å². The molecule has 0 aromatic carbocycles. The first kappa shape index (κ1) is 14.8. The molecular weight excluding hydrogens is 252 g/mol. The number of carboxylic acid groups (broad SMARTS) is 1. The molecule has 0 aliphatic heterocycles. The number of carboxylic acids is 1. The third kappa shape index (κ3) is 2.17. The lowest BCUT2D eigenvalue weighted by molar-refractivity contribution is 0.0697. The Morgan fingerprint density at radius 3 is 2.30 bits per heavy atom. The first-order valence-electron chi connectivity index (χ1n) is 7.04. The standard InChI is InChI=1S/C16H24N2O2/c1-9-7-10(2)18-13(12(9)14(19)20)17-8-11-15(3,4)16(11,5)6/h7,11H,8H2,1-6H3,(H,17,18)(H,19,20). The van der Waals surface area contributed by atoms with Crippen molar-refractivity contribution < 1.29 is 9.90 Å². The molecule has 1 saturated carbocycles. The fourth-order valence-corrected chi connectivity index (χ4v) is 3.28. The monoisotopic (exact) mass is 276 g/mol. The molecule has 0 radical (unpaired) electrons. The van der Waals surface area contributed by atoms with E-state index in [-0.39, 0.29) is 16.4 Å². The molecule has 0 amide bonds. The minimum atomic E-state index is -0.924. The molecule has 0 saturated heterocycles. The summed E-state index contributed by atoms with van der Waals surface area (Å²) in [7, 11) is 0. The zero-order valence-corrected chi connectivity index (χ0v) is 13.2. The smallest absolute Gasteiger partial charge is 0.339 e. The molecule has 4 heteroatoms. The number of pyridine rings is 1. The number of nitrogens with zero attached hydrogens (tertiary/aromatic N) is 1. The lowest BCUT2D eigenvalue weighted by atomic mass is 10.0. The van der Waals surface area contributed by atoms with Crippen LogP contribution in [-0.4, -0.2) is 22.6 Å². The fourth-order valence-electron chi connectivity index (χ4n) is 3.28. The van der Waals surface area contributed by atoms with E-state index in [1.807, 2.05) is 13.8 Å². The van der Waals surface area contributed by atoms with Gasteiger partial charge in [-0.05, 0) is 42.2 Å². The van der Waals surface area contributed by atoms with E-state index < -0.39 is 5.97 Å². The van der Waals surface area contributed by atoms with Crippen molar-refractivity contribution in [1.82, 2.24) is 4.98 Å². The molecule has 1 aliphatic carbocycles. The molecule has 0 unspecified atom stereocenters. The van der Waals surface area contributed by atoms with Crippen LogP contribution < -0.4 is 5.32 Å². The Morgan fingerprint density at radius 2 is 1.85 bits per heavy atom. The van der Waals surface area contributed by atoms with E-state index in [9.17, 15) is 9.90 Å². The first-order valence-corrected chi connectivity index (χ1v) is 7.04. The molecule has 1 heterocycles. The highest BCUT2D eigenvalue weighted by Gasteiger charge is 2.64. The van der Waals surface area contributed by atoms with E-state index >= 15 is 0 Å². The van der Waals surface area contributed by atoms with E-state index in [0.717, 1.165) is 17.8 Å². The van der Waals surface area contributed by atoms with Crippen molar-refractivity contribution in [3.63, 3.8) is 0 Å². The highest BCUT2D eigenvalue weighted by atomic mass is 16.4. The van der Waals surface area contributed by atoms with Crippen LogP contribution in [-0.2, 0) is 0 Å². The Morgan fingerprint density at radius 1 is 1.30 bits per heavy atom. The average molecular weight is 276 g/mol. The van der Waals surface area contributed by atoms with Crippen LogP contribution in [0.2, 0.25) is 0 Å². The van der Waals surface area contributed by atoms with Gasteiger partial charge >= 0.3 is 5.97 Å². The van der Waals surface area contributed by atoms with Crippen molar-refractivity contribution in [3.05, 3.63) is 22.9 Å². The lowest BCUT2D eigenvalue weighted by Crippen LogP contribution is -2.15. The predicted octanol–water partition coefficient (Wildman–Crippen LogP) is 3.49. The molecule has 110 valence electrons. The summed E-state index contributed by atoms with van der Waals surface area (Å²) in [6.07, 6.45) is 0. The van der Waals surface area contributed by atoms with Crippen LogP contribution in [0.3, 0.4) is 0 Å². The van der Waals surface area contributed by atoms with E-state index in [2.05, 4.69) is 38.0 Å². The Bertz CT molecular complexity index is 548. The molecule has 1 aromatic heterocycles. The second-order valence-corrected chi connectivity index (χ2v) is 6.99. The van der Waals surface area contributed by atoms with Crippen molar-refractivity contribution in [1.29, 1.82) is 0 Å². The quantitative estimate of drug-likeness (QED) is 0.883. The number of aromatic carboxylic acids is 1. The number of aryl methyl sites for hydroxylation is 2. The van der Waals surface area contributed by atoms with Crippen LogP contribution in [0.1, 0.15) is 49.3 Å². The maximum atomic E-state index is 11.4. The molecule has 1 fully saturated rings. The third-order valence-corrected chi connectivity index (χ3v) is 5.35. The van der Waals surface area contributed by atoms with Crippen molar-refractivity contribution in [3.8, 4) is 0 Å². The Balaban J connectivity index is 2.21. The maximum Gasteiger partial charge on any atom is 0.339 e. The second-order valence-electron chi connectivity index (χ2n) is 6.99. The van der Waals surface area contributed by atoms with Gasteiger partial charge in [0.25, 0.3) is 0 Å². The SMILES string of the molecule is Cc1cc(C)c(C(=O)O)c(NCC2C(C)(C)C2(C)C)n1. The van der Waals surface area contributed by atoms with Gasteiger partial charge in [-0.25, -0.2) is 9.78 Å². The molecule has 0 bridgehead atoms. The van der Waals surface area contributed by atoms with E-state index in [1.54, 1.807) is 6.07 Å². The second kappa shape index (κ2) is 4.47. The van der Waals surface area contributed by atoms with Crippen LogP contribution in [0.25, 0.3) is 0 Å². The summed E-state index contributed by atoms with van der Waals surface area (Å²) < 4.78 is 0. The normalized spacial score (nSPS) is 19.7. The number of nitrogens with one attached hydrogen (secondary N) is 1. The molecule has 0 spiro atoms. The van der Waals surface area contributed by atoms with Gasteiger partial charge in [-0.15, -0.1) is 0 Å². The summed E-state index contributed by atoms with van der Waals surface area (Å²) in [5.74, 6) is 0.0968. The molecule has 0 atom stereocenters.